The molecule has 4 unspecified atom stereocenters. The largest absolute Gasteiger partial charge is 0.265 e. The predicted molar refractivity (Wildman–Crippen MR) is 216 cm³/mol. The summed E-state index contributed by atoms with van der Waals surface area (Å²) in [6.45, 7) is 2.19. The normalized spacial score (nSPS) is 25.2. The zero-order valence-electron chi connectivity index (χ0n) is 29.8. The topological polar surface area (TPSA) is 38.1 Å². The average Bonchev–Trinajstić information content (AvgIpc) is 3.97. The minimum Gasteiger partial charge on any atom is -0.265 e. The van der Waals surface area contributed by atoms with Crippen LogP contribution < -0.4 is 0 Å². The van der Waals surface area contributed by atoms with Gasteiger partial charge in [-0.25, -0.2) is 9.97 Å². The number of benzene rings is 5. The lowest BCUT2D eigenvalue weighted by Gasteiger charge is -2.37. The van der Waals surface area contributed by atoms with Crippen molar-refractivity contribution in [3.8, 4) is 22.5 Å². The molecule has 254 valence electrons. The number of rotatable bonds is 5. The van der Waals surface area contributed by atoms with Gasteiger partial charge in [0, 0.05) is 28.5 Å². The predicted octanol–water partition coefficient (Wildman–Crippen LogP) is 12.3. The summed E-state index contributed by atoms with van der Waals surface area (Å²) in [7, 11) is 0. The molecule has 5 aromatic carbocycles. The van der Waals surface area contributed by atoms with Crippen molar-refractivity contribution in [2.24, 2.45) is 16.8 Å². The van der Waals surface area contributed by atoms with Crippen molar-refractivity contribution in [3.05, 3.63) is 167 Å². The molecule has 0 saturated heterocycles. The molecule has 3 aliphatic carbocycles. The molecule has 0 N–H and O–H groups in total. The highest BCUT2D eigenvalue weighted by molar-refractivity contribution is 6.03. The molecule has 2 fully saturated rings. The monoisotopic (exact) mass is 673 g/mol. The Balaban J connectivity index is 1.14. The Labute approximate surface area is 306 Å². The standard InChI is InChI=1S/C49H43N3/c1-32-13-5-8-18-39(32)46-29-45(34-14-3-2-4-15-34)51-48(52-46)49-30-38(33-22-24-35(25-23-33)44-21-11-12-26-50-44)28-42(43(49)31-49)47-40-19-9-6-16-36(40)27-37-17-7-10-20-41(37)47/h2-10,13-20,22-24,26-27,29,38,42-43H,11-12,21,25,28,30-31H2,1H3/b44-35+. The molecule has 4 aliphatic rings. The average molecular weight is 674 g/mol. The minimum absolute atomic E-state index is 0.102. The number of hydrogen-bond donors (Lipinski definition) is 0. The van der Waals surface area contributed by atoms with Crippen LogP contribution in [-0.2, 0) is 5.41 Å². The van der Waals surface area contributed by atoms with Crippen LogP contribution in [0.3, 0.4) is 0 Å². The van der Waals surface area contributed by atoms with Gasteiger partial charge in [0.05, 0.1) is 11.4 Å². The third kappa shape index (κ3) is 5.37. The number of nitrogens with zero attached hydrogens (tertiary/aromatic N) is 3. The number of aromatic nitrogens is 2. The molecule has 1 aromatic heterocycles. The van der Waals surface area contributed by atoms with Crippen LogP contribution in [0.1, 0.15) is 67.8 Å². The molecular formula is C49H43N3. The van der Waals surface area contributed by atoms with Crippen LogP contribution >= 0.6 is 0 Å². The van der Waals surface area contributed by atoms with Crippen molar-refractivity contribution in [3.63, 3.8) is 0 Å². The highest BCUT2D eigenvalue weighted by Crippen LogP contribution is 2.69. The van der Waals surface area contributed by atoms with Crippen LogP contribution in [0.4, 0.5) is 0 Å². The van der Waals surface area contributed by atoms with E-state index < -0.39 is 0 Å². The van der Waals surface area contributed by atoms with E-state index in [1.54, 1.807) is 0 Å². The van der Waals surface area contributed by atoms with Crippen LogP contribution in [-0.4, -0.2) is 16.2 Å². The molecule has 2 saturated carbocycles. The Hall–Kier alpha value is -5.41. The molecule has 2 heterocycles. The minimum atomic E-state index is -0.102. The van der Waals surface area contributed by atoms with Crippen molar-refractivity contribution >= 4 is 27.8 Å². The molecule has 10 rings (SSSR count). The van der Waals surface area contributed by atoms with Gasteiger partial charge in [0.2, 0.25) is 0 Å². The van der Waals surface area contributed by atoms with Gasteiger partial charge in [-0.3, -0.25) is 4.99 Å². The molecule has 1 aliphatic heterocycles. The van der Waals surface area contributed by atoms with E-state index in [2.05, 4.69) is 147 Å². The molecule has 0 spiro atoms. The summed E-state index contributed by atoms with van der Waals surface area (Å²) in [6.07, 6.45) is 17.1. The molecule has 6 aromatic rings. The van der Waals surface area contributed by atoms with E-state index in [4.69, 9.17) is 15.0 Å². The fraction of sp³-hybridized carbons (Fsp3) is 0.245. The summed E-state index contributed by atoms with van der Waals surface area (Å²) in [5, 5.41) is 5.44. The number of fused-ring (bicyclic) bond motifs is 3. The van der Waals surface area contributed by atoms with E-state index in [-0.39, 0.29) is 5.41 Å². The quantitative estimate of drug-likeness (QED) is 0.171. The van der Waals surface area contributed by atoms with Gasteiger partial charge in [-0.1, -0.05) is 121 Å². The molecule has 3 heteroatoms. The molecule has 0 amide bonds. The second kappa shape index (κ2) is 12.7. The first-order valence-corrected chi connectivity index (χ1v) is 19.2. The Morgan fingerprint density at radius 3 is 2.17 bits per heavy atom. The van der Waals surface area contributed by atoms with E-state index in [0.717, 1.165) is 61.3 Å². The summed E-state index contributed by atoms with van der Waals surface area (Å²) >= 11 is 0. The lowest BCUT2D eigenvalue weighted by molar-refractivity contribution is 0.307. The van der Waals surface area contributed by atoms with Crippen LogP contribution in [0.5, 0.6) is 0 Å². The summed E-state index contributed by atoms with van der Waals surface area (Å²) in [5.41, 5.74) is 11.1. The van der Waals surface area contributed by atoms with E-state index >= 15 is 0 Å². The summed E-state index contributed by atoms with van der Waals surface area (Å²) in [5.74, 6) is 2.29. The zero-order valence-corrected chi connectivity index (χ0v) is 29.8. The maximum absolute atomic E-state index is 5.56. The van der Waals surface area contributed by atoms with Gasteiger partial charge < -0.3 is 0 Å². The van der Waals surface area contributed by atoms with Gasteiger partial charge >= 0.3 is 0 Å². The highest BCUT2D eigenvalue weighted by Gasteiger charge is 2.64. The summed E-state index contributed by atoms with van der Waals surface area (Å²) < 4.78 is 0. The van der Waals surface area contributed by atoms with Gasteiger partial charge in [-0.2, -0.15) is 0 Å². The first-order valence-electron chi connectivity index (χ1n) is 19.2. The molecule has 3 nitrogen and oxygen atoms in total. The van der Waals surface area contributed by atoms with Gasteiger partial charge in [-0.05, 0) is 126 Å². The van der Waals surface area contributed by atoms with Gasteiger partial charge in [0.1, 0.15) is 5.82 Å². The van der Waals surface area contributed by atoms with E-state index in [1.165, 1.54) is 61.5 Å². The smallest absolute Gasteiger partial charge is 0.136 e. The third-order valence-electron chi connectivity index (χ3n) is 12.5. The fourth-order valence-electron chi connectivity index (χ4n) is 9.81. The van der Waals surface area contributed by atoms with Crippen molar-refractivity contribution in [1.82, 2.24) is 9.97 Å². The van der Waals surface area contributed by atoms with Gasteiger partial charge in [0.25, 0.3) is 0 Å². The summed E-state index contributed by atoms with van der Waals surface area (Å²) in [6, 6.07) is 42.0. The molecule has 0 radical (unpaired) electrons. The second-order valence-electron chi connectivity index (χ2n) is 15.5. The number of aryl methyl sites for hydroxylation is 1. The lowest BCUT2D eigenvalue weighted by atomic mass is 9.68. The molecule has 0 bridgehead atoms. The zero-order chi connectivity index (χ0) is 34.6. The number of hydrogen-bond acceptors (Lipinski definition) is 3. The van der Waals surface area contributed by atoms with Crippen LogP contribution in [0.2, 0.25) is 0 Å². The molecule has 52 heavy (non-hydrogen) atoms. The highest BCUT2D eigenvalue weighted by atomic mass is 15.0. The summed E-state index contributed by atoms with van der Waals surface area (Å²) in [4.78, 5) is 15.9. The van der Waals surface area contributed by atoms with Gasteiger partial charge in [-0.15, -0.1) is 0 Å². The van der Waals surface area contributed by atoms with Crippen LogP contribution in [0, 0.1) is 18.8 Å². The maximum atomic E-state index is 5.56. The Morgan fingerprint density at radius 1 is 0.712 bits per heavy atom. The Kier molecular flexibility index (Phi) is 7.63. The first kappa shape index (κ1) is 31.3. The van der Waals surface area contributed by atoms with Crippen molar-refractivity contribution in [2.45, 2.75) is 63.2 Å². The van der Waals surface area contributed by atoms with E-state index in [0.29, 0.717) is 17.8 Å². The first-order chi connectivity index (χ1) is 25.6. The fourth-order valence-corrected chi connectivity index (χ4v) is 9.81. The second-order valence-corrected chi connectivity index (χ2v) is 15.5. The van der Waals surface area contributed by atoms with Crippen LogP contribution in [0.25, 0.3) is 44.1 Å². The van der Waals surface area contributed by atoms with Crippen molar-refractivity contribution < 1.29 is 0 Å². The third-order valence-corrected chi connectivity index (χ3v) is 12.5. The van der Waals surface area contributed by atoms with Crippen molar-refractivity contribution in [2.75, 3.05) is 0 Å². The maximum Gasteiger partial charge on any atom is 0.136 e. The van der Waals surface area contributed by atoms with Crippen LogP contribution in [0.15, 0.2) is 155 Å². The van der Waals surface area contributed by atoms with E-state index in [1.807, 2.05) is 0 Å². The number of allylic oxidation sites excluding steroid dienone is 6. The number of aliphatic imine (C=N–C) groups is 1. The Bertz CT molecular complexity index is 2430. The lowest BCUT2D eigenvalue weighted by Crippen LogP contribution is -2.29. The van der Waals surface area contributed by atoms with Gasteiger partial charge in [0.15, 0.2) is 0 Å². The molecule has 4 atom stereocenters. The SMILES string of the molecule is Cc1ccccc1-c1cc(-c2ccccc2)nc(C23CC(C4=CC/C(=C5\CCCC=N5)C=C4)CC(c4c5ccccc5cc5ccccc45)C2C3)n1. The van der Waals surface area contributed by atoms with Crippen molar-refractivity contribution in [1.29, 1.82) is 0 Å². The van der Waals surface area contributed by atoms with E-state index in [9.17, 15) is 0 Å². The Morgan fingerprint density at radius 2 is 1.44 bits per heavy atom. The molecular weight excluding hydrogens is 631 g/mol.